The van der Waals surface area contributed by atoms with Gasteiger partial charge in [0.1, 0.15) is 0 Å². The summed E-state index contributed by atoms with van der Waals surface area (Å²) < 4.78 is 0. The van der Waals surface area contributed by atoms with Crippen molar-refractivity contribution in [2.45, 2.75) is 83.5 Å². The molecule has 2 heteroatoms. The van der Waals surface area contributed by atoms with Crippen LogP contribution >= 0.6 is 11.8 Å². The van der Waals surface area contributed by atoms with Gasteiger partial charge in [-0.25, -0.2) is 0 Å². The maximum atomic E-state index is 12.5. The van der Waals surface area contributed by atoms with Gasteiger partial charge in [-0.1, -0.05) is 82.6 Å². The maximum absolute atomic E-state index is 12.5. The van der Waals surface area contributed by atoms with Crippen molar-refractivity contribution < 1.29 is 4.79 Å². The first-order valence-electron chi connectivity index (χ1n) is 11.6. The first-order valence-corrected chi connectivity index (χ1v) is 12.6. The van der Waals surface area contributed by atoms with Crippen LogP contribution in [0.1, 0.15) is 91.8 Å². The first-order chi connectivity index (χ1) is 14.6. The Labute approximate surface area is 188 Å². The quantitative estimate of drug-likeness (QED) is 0.131. The molecule has 0 saturated carbocycles. The van der Waals surface area contributed by atoms with E-state index in [4.69, 9.17) is 0 Å². The van der Waals surface area contributed by atoms with Crippen molar-refractivity contribution in [1.82, 2.24) is 0 Å². The summed E-state index contributed by atoms with van der Waals surface area (Å²) in [5.74, 6) is 1.22. The topological polar surface area (TPSA) is 17.1 Å². The Kier molecular flexibility index (Phi) is 11.6. The fraction of sp³-hybridized carbons (Fsp3) is 0.464. The standard InChI is InChI=1S/C28H38OS/c1-4-5-6-7-8-9-10-11-12-22-30-27-19-16-26(17-20-27)28(29)21-18-25-15-13-14-23(2)24(25)3/h13-21H,4-12,22H2,1-3H3. The third kappa shape index (κ3) is 8.92. The zero-order valence-corrected chi connectivity index (χ0v) is 19.9. The summed E-state index contributed by atoms with van der Waals surface area (Å²) in [6.45, 7) is 6.46. The molecule has 0 aliphatic rings. The Hall–Kier alpha value is -1.80. The van der Waals surface area contributed by atoms with Gasteiger partial charge < -0.3 is 0 Å². The van der Waals surface area contributed by atoms with Gasteiger partial charge in [0, 0.05) is 10.5 Å². The van der Waals surface area contributed by atoms with Gasteiger partial charge in [-0.05, 0) is 73.1 Å². The van der Waals surface area contributed by atoms with Gasteiger partial charge in [-0.3, -0.25) is 4.79 Å². The van der Waals surface area contributed by atoms with E-state index in [-0.39, 0.29) is 5.78 Å². The van der Waals surface area contributed by atoms with Crippen LogP contribution in [0.2, 0.25) is 0 Å². The number of thioether (sulfide) groups is 1. The van der Waals surface area contributed by atoms with Crippen LogP contribution in [-0.4, -0.2) is 11.5 Å². The van der Waals surface area contributed by atoms with Crippen LogP contribution in [0.25, 0.3) is 6.08 Å². The lowest BCUT2D eigenvalue weighted by Crippen LogP contribution is -1.94. The summed E-state index contributed by atoms with van der Waals surface area (Å²) >= 11 is 1.90. The van der Waals surface area contributed by atoms with Crippen molar-refractivity contribution in [2.24, 2.45) is 0 Å². The molecule has 2 rings (SSSR count). The molecule has 0 saturated heterocycles. The van der Waals surface area contributed by atoms with Gasteiger partial charge in [0.05, 0.1) is 0 Å². The molecule has 0 radical (unpaired) electrons. The molecule has 0 aliphatic heterocycles. The molecule has 0 heterocycles. The third-order valence-corrected chi connectivity index (χ3v) is 6.81. The highest BCUT2D eigenvalue weighted by atomic mass is 32.2. The fourth-order valence-corrected chi connectivity index (χ4v) is 4.45. The van der Waals surface area contributed by atoms with E-state index in [9.17, 15) is 4.79 Å². The molecule has 1 nitrogen and oxygen atoms in total. The number of carbonyl (C=O) groups is 1. The highest BCUT2D eigenvalue weighted by Gasteiger charge is 2.04. The Bertz CT molecular complexity index is 789. The van der Waals surface area contributed by atoms with Gasteiger partial charge in [0.25, 0.3) is 0 Å². The largest absolute Gasteiger partial charge is 0.289 e. The lowest BCUT2D eigenvalue weighted by molar-refractivity contribution is 0.104. The van der Waals surface area contributed by atoms with E-state index in [1.165, 1.54) is 73.8 Å². The number of hydrogen-bond donors (Lipinski definition) is 0. The van der Waals surface area contributed by atoms with Crippen molar-refractivity contribution in [3.63, 3.8) is 0 Å². The molecule has 0 aromatic heterocycles. The second kappa shape index (κ2) is 14.2. The van der Waals surface area contributed by atoms with E-state index in [2.05, 4.69) is 45.0 Å². The molecule has 162 valence electrons. The van der Waals surface area contributed by atoms with Crippen molar-refractivity contribution in [2.75, 3.05) is 5.75 Å². The van der Waals surface area contributed by atoms with Crippen molar-refractivity contribution >= 4 is 23.6 Å². The molecule has 0 amide bonds. The average Bonchev–Trinajstić information content (AvgIpc) is 2.76. The number of aryl methyl sites for hydroxylation is 1. The summed E-state index contributed by atoms with van der Waals surface area (Å²) in [5.41, 5.74) is 4.34. The highest BCUT2D eigenvalue weighted by Crippen LogP contribution is 2.21. The van der Waals surface area contributed by atoms with Crippen LogP contribution in [0, 0.1) is 13.8 Å². The SMILES string of the molecule is CCCCCCCCCCCSc1ccc(C(=O)C=Cc2cccc(C)c2C)cc1. The minimum absolute atomic E-state index is 0.0615. The predicted molar refractivity (Wildman–Crippen MR) is 134 cm³/mol. The van der Waals surface area contributed by atoms with E-state index in [1.54, 1.807) is 6.08 Å². The van der Waals surface area contributed by atoms with Crippen LogP contribution in [0.15, 0.2) is 53.4 Å². The van der Waals surface area contributed by atoms with E-state index in [1.807, 2.05) is 36.0 Å². The molecule has 0 unspecified atom stereocenters. The van der Waals surface area contributed by atoms with E-state index < -0.39 is 0 Å². The summed E-state index contributed by atoms with van der Waals surface area (Å²) in [6.07, 6.45) is 15.9. The van der Waals surface area contributed by atoms with Gasteiger partial charge in [-0.2, -0.15) is 0 Å². The number of rotatable bonds is 14. The maximum Gasteiger partial charge on any atom is 0.185 e. The first kappa shape index (κ1) is 24.5. The summed E-state index contributed by atoms with van der Waals surface area (Å²) in [6, 6.07) is 14.3. The van der Waals surface area contributed by atoms with E-state index in [0.717, 1.165) is 16.9 Å². The molecule has 2 aromatic rings. The van der Waals surface area contributed by atoms with Crippen LogP contribution < -0.4 is 0 Å². The lowest BCUT2D eigenvalue weighted by Gasteiger charge is -2.05. The zero-order chi connectivity index (χ0) is 21.6. The molecule has 2 aromatic carbocycles. The number of hydrogen-bond acceptors (Lipinski definition) is 2. The third-order valence-electron chi connectivity index (χ3n) is 5.72. The van der Waals surface area contributed by atoms with Gasteiger partial charge in [-0.15, -0.1) is 11.8 Å². The molecule has 0 fully saturated rings. The average molecular weight is 423 g/mol. The molecule has 0 aliphatic carbocycles. The van der Waals surface area contributed by atoms with Crippen molar-refractivity contribution in [1.29, 1.82) is 0 Å². The molecule has 0 bridgehead atoms. The molecule has 30 heavy (non-hydrogen) atoms. The van der Waals surface area contributed by atoms with Crippen LogP contribution in [0.5, 0.6) is 0 Å². The lowest BCUT2D eigenvalue weighted by atomic mass is 10.0. The predicted octanol–water partition coefficient (Wildman–Crippen LogP) is 8.82. The Morgan fingerprint density at radius 2 is 1.47 bits per heavy atom. The fourth-order valence-electron chi connectivity index (χ4n) is 3.53. The highest BCUT2D eigenvalue weighted by molar-refractivity contribution is 7.99. The summed E-state index contributed by atoms with van der Waals surface area (Å²) in [4.78, 5) is 13.7. The second-order valence-corrected chi connectivity index (χ2v) is 9.36. The van der Waals surface area contributed by atoms with Gasteiger partial charge >= 0.3 is 0 Å². The number of carbonyl (C=O) groups excluding carboxylic acids is 1. The number of benzene rings is 2. The molecule has 0 spiro atoms. The summed E-state index contributed by atoms with van der Waals surface area (Å²) in [5, 5.41) is 0. The normalized spacial score (nSPS) is 11.3. The number of unbranched alkanes of at least 4 members (excludes halogenated alkanes) is 8. The molecule has 0 atom stereocenters. The monoisotopic (exact) mass is 422 g/mol. The minimum Gasteiger partial charge on any atom is -0.289 e. The Morgan fingerprint density at radius 1 is 0.833 bits per heavy atom. The Morgan fingerprint density at radius 3 is 2.13 bits per heavy atom. The molecular weight excluding hydrogens is 384 g/mol. The van der Waals surface area contributed by atoms with Crippen molar-refractivity contribution in [3.05, 3.63) is 70.8 Å². The Balaban J connectivity index is 1.67. The van der Waals surface area contributed by atoms with Crippen LogP contribution in [0.4, 0.5) is 0 Å². The zero-order valence-electron chi connectivity index (χ0n) is 19.1. The van der Waals surface area contributed by atoms with Gasteiger partial charge in [0.2, 0.25) is 0 Å². The second-order valence-electron chi connectivity index (χ2n) is 8.19. The van der Waals surface area contributed by atoms with E-state index in [0.29, 0.717) is 0 Å². The summed E-state index contributed by atoms with van der Waals surface area (Å²) in [7, 11) is 0. The van der Waals surface area contributed by atoms with Crippen LogP contribution in [-0.2, 0) is 0 Å². The smallest absolute Gasteiger partial charge is 0.185 e. The van der Waals surface area contributed by atoms with Crippen LogP contribution in [0.3, 0.4) is 0 Å². The molecule has 0 N–H and O–H groups in total. The minimum atomic E-state index is 0.0615. The number of allylic oxidation sites excluding steroid dienone is 1. The van der Waals surface area contributed by atoms with Crippen molar-refractivity contribution in [3.8, 4) is 0 Å². The molecular formula is C28H38OS. The van der Waals surface area contributed by atoms with E-state index >= 15 is 0 Å². The number of ketones is 1. The van der Waals surface area contributed by atoms with Gasteiger partial charge in [0.15, 0.2) is 5.78 Å².